The van der Waals surface area contributed by atoms with Gasteiger partial charge in [0.15, 0.2) is 5.13 Å². The largest absolute Gasteiger partial charge is 0.497 e. The average molecular weight is 468 g/mol. The molecular formula is C22H21N5O3S2. The van der Waals surface area contributed by atoms with E-state index in [2.05, 4.69) is 25.0 Å². The molecule has 0 saturated carbocycles. The average Bonchev–Trinajstić information content (AvgIpc) is 3.21. The van der Waals surface area contributed by atoms with Crippen molar-refractivity contribution in [2.24, 2.45) is 0 Å². The van der Waals surface area contributed by atoms with Crippen LogP contribution in [0.5, 0.6) is 5.75 Å². The van der Waals surface area contributed by atoms with Crippen LogP contribution in [-0.4, -0.2) is 30.5 Å². The molecule has 2 aromatic carbocycles. The third-order valence-electron chi connectivity index (χ3n) is 4.51. The lowest BCUT2D eigenvalue weighted by Gasteiger charge is -2.09. The smallest absolute Gasteiger partial charge is 0.264 e. The number of hydrogen-bond acceptors (Lipinski definition) is 8. The second-order valence-corrected chi connectivity index (χ2v) is 9.54. The van der Waals surface area contributed by atoms with Crippen molar-refractivity contribution in [1.82, 2.24) is 15.0 Å². The molecule has 0 aliphatic carbocycles. The highest BCUT2D eigenvalue weighted by Gasteiger charge is 2.16. The summed E-state index contributed by atoms with van der Waals surface area (Å²) in [5.41, 5.74) is 3.93. The molecule has 0 aliphatic heterocycles. The SMILES string of the molecule is COc1ccc(-c2csc(Nc3ccc(S(=O)(=O)Nc4nc(C)cc(C)n4)cc3)n2)cc1. The number of nitrogens with one attached hydrogen (secondary N) is 2. The number of methoxy groups -OCH3 is 1. The monoisotopic (exact) mass is 467 g/mol. The Hall–Kier alpha value is -3.50. The first-order valence-corrected chi connectivity index (χ1v) is 12.0. The minimum absolute atomic E-state index is 0.0542. The Morgan fingerprint density at radius 1 is 0.906 bits per heavy atom. The third-order valence-corrected chi connectivity index (χ3v) is 6.62. The topological polar surface area (TPSA) is 106 Å². The Morgan fingerprint density at radius 2 is 1.56 bits per heavy atom. The van der Waals surface area contributed by atoms with Gasteiger partial charge in [-0.05, 0) is 68.4 Å². The lowest BCUT2D eigenvalue weighted by molar-refractivity contribution is 0.415. The highest BCUT2D eigenvalue weighted by atomic mass is 32.2. The van der Waals surface area contributed by atoms with Crippen LogP contribution < -0.4 is 14.8 Å². The second kappa shape index (κ2) is 8.93. The molecule has 10 heteroatoms. The normalized spacial score (nSPS) is 11.2. The fourth-order valence-corrected chi connectivity index (χ4v) is 4.70. The predicted molar refractivity (Wildman–Crippen MR) is 126 cm³/mol. The lowest BCUT2D eigenvalue weighted by atomic mass is 10.2. The molecule has 4 rings (SSSR count). The van der Waals surface area contributed by atoms with Gasteiger partial charge in [0, 0.05) is 28.0 Å². The van der Waals surface area contributed by atoms with Gasteiger partial charge in [0.2, 0.25) is 5.95 Å². The molecule has 0 saturated heterocycles. The van der Waals surface area contributed by atoms with E-state index in [-0.39, 0.29) is 10.8 Å². The molecule has 4 aromatic rings. The highest BCUT2D eigenvalue weighted by Crippen LogP contribution is 2.28. The first kappa shape index (κ1) is 21.7. The summed E-state index contributed by atoms with van der Waals surface area (Å²) in [7, 11) is -2.17. The Bertz CT molecular complexity index is 1310. The number of aromatic nitrogens is 3. The lowest BCUT2D eigenvalue weighted by Crippen LogP contribution is -2.15. The number of anilines is 3. The molecule has 2 aromatic heterocycles. The van der Waals surface area contributed by atoms with E-state index in [4.69, 9.17) is 4.74 Å². The van der Waals surface area contributed by atoms with Crippen molar-refractivity contribution in [2.45, 2.75) is 18.7 Å². The number of hydrogen-bond donors (Lipinski definition) is 2. The second-order valence-electron chi connectivity index (χ2n) is 7.00. The van der Waals surface area contributed by atoms with Crippen LogP contribution in [0.1, 0.15) is 11.4 Å². The Morgan fingerprint density at radius 3 is 2.19 bits per heavy atom. The van der Waals surface area contributed by atoms with Crippen LogP contribution in [-0.2, 0) is 10.0 Å². The van der Waals surface area contributed by atoms with Crippen LogP contribution in [0, 0.1) is 13.8 Å². The van der Waals surface area contributed by atoms with E-state index >= 15 is 0 Å². The molecule has 164 valence electrons. The van der Waals surface area contributed by atoms with E-state index in [1.54, 1.807) is 39.2 Å². The highest BCUT2D eigenvalue weighted by molar-refractivity contribution is 7.92. The van der Waals surface area contributed by atoms with E-state index in [1.807, 2.05) is 29.6 Å². The summed E-state index contributed by atoms with van der Waals surface area (Å²) >= 11 is 1.46. The zero-order valence-corrected chi connectivity index (χ0v) is 19.3. The predicted octanol–water partition coefficient (Wildman–Crippen LogP) is 4.77. The van der Waals surface area contributed by atoms with Gasteiger partial charge in [0.05, 0.1) is 17.7 Å². The van der Waals surface area contributed by atoms with Gasteiger partial charge in [-0.1, -0.05) is 0 Å². The molecule has 2 heterocycles. The van der Waals surface area contributed by atoms with Gasteiger partial charge >= 0.3 is 0 Å². The van der Waals surface area contributed by atoms with E-state index in [0.29, 0.717) is 16.5 Å². The third kappa shape index (κ3) is 5.04. The molecular weight excluding hydrogens is 446 g/mol. The molecule has 0 bridgehead atoms. The van der Waals surface area contributed by atoms with Crippen molar-refractivity contribution in [1.29, 1.82) is 0 Å². The number of ether oxygens (including phenoxy) is 1. The van der Waals surface area contributed by atoms with Crippen molar-refractivity contribution in [3.8, 4) is 17.0 Å². The number of nitrogens with zero attached hydrogens (tertiary/aromatic N) is 3. The molecule has 32 heavy (non-hydrogen) atoms. The van der Waals surface area contributed by atoms with Gasteiger partial charge in [0.1, 0.15) is 5.75 Å². The molecule has 0 atom stereocenters. The van der Waals surface area contributed by atoms with Crippen molar-refractivity contribution >= 4 is 38.1 Å². The summed E-state index contributed by atoms with van der Waals surface area (Å²) in [6.45, 7) is 3.57. The van der Waals surface area contributed by atoms with Crippen LogP contribution in [0.15, 0.2) is 64.9 Å². The molecule has 0 radical (unpaired) electrons. The Kier molecular flexibility index (Phi) is 6.06. The zero-order valence-electron chi connectivity index (χ0n) is 17.7. The fourth-order valence-electron chi connectivity index (χ4n) is 3.02. The van der Waals surface area contributed by atoms with Gasteiger partial charge in [0.25, 0.3) is 10.0 Å². The number of benzene rings is 2. The summed E-state index contributed by atoms with van der Waals surface area (Å²) in [6.07, 6.45) is 0. The maximum Gasteiger partial charge on any atom is 0.264 e. The van der Waals surface area contributed by atoms with Crippen LogP contribution >= 0.6 is 11.3 Å². The first-order chi connectivity index (χ1) is 15.3. The number of aryl methyl sites for hydroxylation is 2. The van der Waals surface area contributed by atoms with E-state index in [9.17, 15) is 8.42 Å². The Balaban J connectivity index is 1.46. The molecule has 0 aliphatic rings. The zero-order chi connectivity index (χ0) is 22.7. The van der Waals surface area contributed by atoms with Crippen molar-refractivity contribution < 1.29 is 13.2 Å². The summed E-state index contributed by atoms with van der Waals surface area (Å²) < 4.78 is 32.9. The number of thiazole rings is 1. The van der Waals surface area contributed by atoms with Crippen LogP contribution in [0.4, 0.5) is 16.8 Å². The van der Waals surface area contributed by atoms with E-state index < -0.39 is 10.0 Å². The van der Waals surface area contributed by atoms with Crippen LogP contribution in [0.2, 0.25) is 0 Å². The minimum atomic E-state index is -3.80. The van der Waals surface area contributed by atoms with Crippen molar-refractivity contribution in [2.75, 3.05) is 17.1 Å². The summed E-state index contributed by atoms with van der Waals surface area (Å²) in [5.74, 6) is 0.842. The molecule has 2 N–H and O–H groups in total. The van der Waals surface area contributed by atoms with E-state index in [1.165, 1.54) is 23.5 Å². The standard InChI is InChI=1S/C22H21N5O3S2/c1-14-12-15(2)24-21(23-14)27-32(28,29)19-10-6-17(7-11-19)25-22-26-20(13-31-22)16-4-8-18(30-3)9-5-16/h4-13H,1-3H3,(H,25,26)(H,23,24,27). The van der Waals surface area contributed by atoms with E-state index in [0.717, 1.165) is 22.7 Å². The summed E-state index contributed by atoms with van der Waals surface area (Å²) in [4.78, 5) is 13.0. The van der Waals surface area contributed by atoms with Gasteiger partial charge < -0.3 is 10.1 Å². The molecule has 0 fully saturated rings. The summed E-state index contributed by atoms with van der Waals surface area (Å²) in [6, 6.07) is 15.9. The fraction of sp³-hybridized carbons (Fsp3) is 0.136. The number of rotatable bonds is 7. The molecule has 0 spiro atoms. The quantitative estimate of drug-likeness (QED) is 0.403. The maximum absolute atomic E-state index is 12.7. The molecule has 0 unspecified atom stereocenters. The van der Waals surface area contributed by atoms with Gasteiger partial charge in [-0.25, -0.2) is 28.1 Å². The van der Waals surface area contributed by atoms with Gasteiger partial charge in [-0.3, -0.25) is 0 Å². The van der Waals surface area contributed by atoms with Crippen molar-refractivity contribution in [3.05, 3.63) is 71.4 Å². The van der Waals surface area contributed by atoms with Gasteiger partial charge in [-0.15, -0.1) is 11.3 Å². The van der Waals surface area contributed by atoms with Crippen molar-refractivity contribution in [3.63, 3.8) is 0 Å². The maximum atomic E-state index is 12.7. The summed E-state index contributed by atoms with van der Waals surface area (Å²) in [5, 5.41) is 5.86. The number of sulfonamides is 1. The Labute approximate surface area is 190 Å². The first-order valence-electron chi connectivity index (χ1n) is 9.64. The van der Waals surface area contributed by atoms with Crippen LogP contribution in [0.25, 0.3) is 11.3 Å². The molecule has 0 amide bonds. The van der Waals surface area contributed by atoms with Gasteiger partial charge in [-0.2, -0.15) is 0 Å². The molecule has 8 nitrogen and oxygen atoms in total. The van der Waals surface area contributed by atoms with Crippen LogP contribution in [0.3, 0.4) is 0 Å². The minimum Gasteiger partial charge on any atom is -0.497 e.